The maximum Gasteiger partial charge on any atom is 0.405 e. The molecule has 0 spiro atoms. The molecular weight excluding hydrogens is 289 g/mol. The number of rotatable bonds is 5. The van der Waals surface area contributed by atoms with Crippen LogP contribution >= 0.6 is 11.6 Å². The Morgan fingerprint density at radius 1 is 1.25 bits per heavy atom. The zero-order valence-electron chi connectivity index (χ0n) is 11.8. The van der Waals surface area contributed by atoms with Gasteiger partial charge in [-0.05, 0) is 38.1 Å². The van der Waals surface area contributed by atoms with Crippen molar-refractivity contribution < 1.29 is 13.2 Å². The molecule has 1 aromatic rings. The Bertz CT molecular complexity index is 419. The van der Waals surface area contributed by atoms with E-state index in [-0.39, 0.29) is 6.42 Å². The molecule has 0 radical (unpaired) electrons. The Morgan fingerprint density at radius 3 is 2.15 bits per heavy atom. The van der Waals surface area contributed by atoms with E-state index in [1.165, 1.54) is 11.9 Å². The minimum absolute atomic E-state index is 0.266. The number of hydrogen-bond acceptors (Lipinski definition) is 2. The molecule has 114 valence electrons. The lowest BCUT2D eigenvalue weighted by Gasteiger charge is -2.37. The predicted molar refractivity (Wildman–Crippen MR) is 75.7 cm³/mol. The molecule has 0 aliphatic heterocycles. The van der Waals surface area contributed by atoms with Crippen molar-refractivity contribution >= 4 is 11.6 Å². The number of halogens is 4. The third kappa shape index (κ3) is 4.11. The summed E-state index contributed by atoms with van der Waals surface area (Å²) in [6, 6.07) is 3.78. The fraction of sp³-hybridized carbons (Fsp3) is 0.571. The van der Waals surface area contributed by atoms with Gasteiger partial charge in [0.2, 0.25) is 0 Å². The molecule has 0 heterocycles. The number of nitrogens with two attached hydrogens (primary N) is 1. The Kier molecular flexibility index (Phi) is 5.86. The van der Waals surface area contributed by atoms with Crippen LogP contribution in [0.3, 0.4) is 0 Å². The molecule has 2 N–H and O–H groups in total. The van der Waals surface area contributed by atoms with Crippen LogP contribution in [0.15, 0.2) is 24.3 Å². The quantitative estimate of drug-likeness (QED) is 0.891. The first kappa shape index (κ1) is 17.3. The van der Waals surface area contributed by atoms with Crippen LogP contribution in [0.25, 0.3) is 0 Å². The van der Waals surface area contributed by atoms with E-state index in [9.17, 15) is 13.2 Å². The molecule has 3 atom stereocenters. The van der Waals surface area contributed by atoms with Crippen LogP contribution in [0.1, 0.15) is 31.9 Å². The van der Waals surface area contributed by atoms with E-state index in [2.05, 4.69) is 0 Å². The number of likely N-dealkylation sites (N-methyl/N-ethyl adjacent to an activating group) is 1. The van der Waals surface area contributed by atoms with Crippen molar-refractivity contribution in [1.82, 2.24) is 4.90 Å². The van der Waals surface area contributed by atoms with Crippen LogP contribution in [0.2, 0.25) is 5.02 Å². The Morgan fingerprint density at radius 2 is 1.75 bits per heavy atom. The number of hydrogen-bond donors (Lipinski definition) is 1. The van der Waals surface area contributed by atoms with Gasteiger partial charge in [0.25, 0.3) is 0 Å². The summed E-state index contributed by atoms with van der Waals surface area (Å²) in [4.78, 5) is 1.28. The largest absolute Gasteiger partial charge is 0.405 e. The average Bonchev–Trinajstić information content (AvgIpc) is 2.37. The summed E-state index contributed by atoms with van der Waals surface area (Å²) in [6.45, 7) is 3.38. The summed E-state index contributed by atoms with van der Waals surface area (Å²) in [5.74, 6) is 0. The standard InChI is InChI=1S/C14H20ClF3N2/c1-4-12(19)13(14(16,17)18)20(3)9(2)10-5-7-11(15)8-6-10/h5-9,12-13H,4,19H2,1-3H3. The van der Waals surface area contributed by atoms with E-state index in [1.807, 2.05) is 0 Å². The molecule has 1 rings (SSSR count). The van der Waals surface area contributed by atoms with E-state index in [0.29, 0.717) is 5.02 Å². The minimum atomic E-state index is -4.36. The van der Waals surface area contributed by atoms with Crippen molar-refractivity contribution in [2.45, 2.75) is 44.6 Å². The molecule has 0 fully saturated rings. The summed E-state index contributed by atoms with van der Waals surface area (Å²) in [7, 11) is 1.45. The van der Waals surface area contributed by atoms with E-state index in [0.717, 1.165) is 5.56 Å². The maximum absolute atomic E-state index is 13.2. The SMILES string of the molecule is CCC(N)C(N(C)C(C)c1ccc(Cl)cc1)C(F)(F)F. The third-order valence-electron chi connectivity index (χ3n) is 3.61. The van der Waals surface area contributed by atoms with Gasteiger partial charge in [0.05, 0.1) is 0 Å². The second-order valence-electron chi connectivity index (χ2n) is 4.95. The highest BCUT2D eigenvalue weighted by Gasteiger charge is 2.46. The van der Waals surface area contributed by atoms with Crippen molar-refractivity contribution in [3.8, 4) is 0 Å². The predicted octanol–water partition coefficient (Wildman–Crippen LogP) is 4.00. The van der Waals surface area contributed by atoms with Gasteiger partial charge >= 0.3 is 6.18 Å². The van der Waals surface area contributed by atoms with Gasteiger partial charge < -0.3 is 5.73 Å². The molecule has 0 saturated heterocycles. The molecular formula is C14H20ClF3N2. The highest BCUT2D eigenvalue weighted by Crippen LogP contribution is 2.32. The second kappa shape index (κ2) is 6.78. The first-order chi connectivity index (χ1) is 9.18. The van der Waals surface area contributed by atoms with Crippen LogP contribution in [-0.2, 0) is 0 Å². The van der Waals surface area contributed by atoms with Crippen molar-refractivity contribution in [1.29, 1.82) is 0 Å². The summed E-state index contributed by atoms with van der Waals surface area (Å²) in [5, 5.41) is 0.557. The number of alkyl halides is 3. The van der Waals surface area contributed by atoms with E-state index in [4.69, 9.17) is 17.3 Å². The number of nitrogens with zero attached hydrogens (tertiary/aromatic N) is 1. The molecule has 0 amide bonds. The first-order valence-electron chi connectivity index (χ1n) is 6.48. The summed E-state index contributed by atoms with van der Waals surface area (Å²) < 4.78 is 39.6. The normalized spacial score (nSPS) is 17.1. The van der Waals surface area contributed by atoms with Gasteiger partial charge in [-0.2, -0.15) is 13.2 Å². The van der Waals surface area contributed by atoms with E-state index < -0.39 is 24.3 Å². The van der Waals surface area contributed by atoms with Gasteiger partial charge in [0.15, 0.2) is 0 Å². The maximum atomic E-state index is 13.2. The summed E-state index contributed by atoms with van der Waals surface area (Å²) >= 11 is 5.79. The van der Waals surface area contributed by atoms with Gasteiger partial charge in [-0.1, -0.05) is 30.7 Å². The molecule has 2 nitrogen and oxygen atoms in total. The molecule has 0 saturated carbocycles. The van der Waals surface area contributed by atoms with Crippen LogP contribution < -0.4 is 5.73 Å². The van der Waals surface area contributed by atoms with Gasteiger partial charge in [0.1, 0.15) is 6.04 Å². The molecule has 0 aliphatic rings. The zero-order chi connectivity index (χ0) is 15.5. The highest BCUT2D eigenvalue weighted by molar-refractivity contribution is 6.30. The van der Waals surface area contributed by atoms with Crippen LogP contribution in [-0.4, -0.2) is 30.2 Å². The fourth-order valence-electron chi connectivity index (χ4n) is 2.22. The number of benzene rings is 1. The van der Waals surface area contributed by atoms with Crippen molar-refractivity contribution in [2.75, 3.05) is 7.05 Å². The van der Waals surface area contributed by atoms with Crippen molar-refractivity contribution in [3.63, 3.8) is 0 Å². The van der Waals surface area contributed by atoms with Gasteiger partial charge in [-0.3, -0.25) is 4.90 Å². The van der Waals surface area contributed by atoms with Crippen molar-refractivity contribution in [3.05, 3.63) is 34.9 Å². The second-order valence-corrected chi connectivity index (χ2v) is 5.39. The average molecular weight is 309 g/mol. The highest BCUT2D eigenvalue weighted by atomic mass is 35.5. The smallest absolute Gasteiger partial charge is 0.326 e. The molecule has 1 aromatic carbocycles. The fourth-order valence-corrected chi connectivity index (χ4v) is 2.34. The molecule has 3 unspecified atom stereocenters. The Hall–Kier alpha value is -0.780. The molecule has 0 aromatic heterocycles. The monoisotopic (exact) mass is 308 g/mol. The third-order valence-corrected chi connectivity index (χ3v) is 3.87. The van der Waals surface area contributed by atoms with Crippen LogP contribution in [0.5, 0.6) is 0 Å². The Labute approximate surface area is 122 Å². The van der Waals surface area contributed by atoms with Gasteiger partial charge in [0, 0.05) is 17.1 Å². The lowest BCUT2D eigenvalue weighted by Crippen LogP contribution is -2.55. The first-order valence-corrected chi connectivity index (χ1v) is 6.86. The summed E-state index contributed by atoms with van der Waals surface area (Å²) in [5.41, 5.74) is 6.43. The van der Waals surface area contributed by atoms with Crippen molar-refractivity contribution in [2.24, 2.45) is 5.73 Å². The zero-order valence-corrected chi connectivity index (χ0v) is 12.5. The minimum Gasteiger partial charge on any atom is -0.326 e. The van der Waals surface area contributed by atoms with E-state index >= 15 is 0 Å². The molecule has 0 aliphatic carbocycles. The van der Waals surface area contributed by atoms with Gasteiger partial charge in [-0.15, -0.1) is 0 Å². The Balaban J connectivity index is 2.99. The van der Waals surface area contributed by atoms with Crippen LogP contribution in [0, 0.1) is 0 Å². The molecule has 20 heavy (non-hydrogen) atoms. The van der Waals surface area contributed by atoms with E-state index in [1.54, 1.807) is 38.1 Å². The topological polar surface area (TPSA) is 29.3 Å². The molecule has 0 bridgehead atoms. The lowest BCUT2D eigenvalue weighted by atomic mass is 10.00. The lowest BCUT2D eigenvalue weighted by molar-refractivity contribution is -0.191. The van der Waals surface area contributed by atoms with Crippen LogP contribution in [0.4, 0.5) is 13.2 Å². The molecule has 6 heteroatoms. The summed E-state index contributed by atoms with van der Waals surface area (Å²) in [6.07, 6.45) is -4.09. The van der Waals surface area contributed by atoms with Gasteiger partial charge in [-0.25, -0.2) is 0 Å².